The lowest BCUT2D eigenvalue weighted by Crippen LogP contribution is -2.51. The molecule has 4 nitrogen and oxygen atoms in total. The zero-order chi connectivity index (χ0) is 14.6. The number of benzene rings is 1. The molecule has 4 heteroatoms. The molecule has 0 fully saturated rings. The van der Waals surface area contributed by atoms with Gasteiger partial charge in [0.05, 0.1) is 11.6 Å². The van der Waals surface area contributed by atoms with E-state index in [9.17, 15) is 10.2 Å². The molecular weight excluding hydrogens is 266 g/mol. The highest BCUT2D eigenvalue weighted by molar-refractivity contribution is 5.56. The molecule has 2 heterocycles. The quantitative estimate of drug-likeness (QED) is 0.776. The first-order chi connectivity index (χ1) is 10.1. The largest absolute Gasteiger partial charge is 0.504 e. The molecule has 21 heavy (non-hydrogen) atoms. The van der Waals surface area contributed by atoms with Crippen molar-refractivity contribution in [2.75, 3.05) is 20.2 Å². The summed E-state index contributed by atoms with van der Waals surface area (Å²) in [5.41, 5.74) is 3.30. The molecule has 1 unspecified atom stereocenters. The lowest BCUT2D eigenvalue weighted by atomic mass is 9.71. The highest BCUT2D eigenvalue weighted by Crippen LogP contribution is 2.52. The van der Waals surface area contributed by atoms with Gasteiger partial charge in [0.2, 0.25) is 0 Å². The van der Waals surface area contributed by atoms with E-state index in [1.807, 2.05) is 0 Å². The zero-order valence-electron chi connectivity index (χ0n) is 12.0. The Morgan fingerprint density at radius 3 is 2.90 bits per heavy atom. The van der Waals surface area contributed by atoms with Crippen molar-refractivity contribution >= 4 is 0 Å². The number of aromatic hydroxyl groups is 2. The van der Waals surface area contributed by atoms with Crippen LogP contribution < -0.4 is 0 Å². The van der Waals surface area contributed by atoms with Crippen LogP contribution in [0.4, 0.5) is 0 Å². The topological polar surface area (TPSA) is 52.9 Å². The van der Waals surface area contributed by atoms with Crippen LogP contribution in [-0.4, -0.2) is 41.4 Å². The van der Waals surface area contributed by atoms with E-state index < -0.39 is 0 Å². The van der Waals surface area contributed by atoms with Crippen molar-refractivity contribution in [3.63, 3.8) is 0 Å². The average molecular weight is 285 g/mol. The van der Waals surface area contributed by atoms with Crippen molar-refractivity contribution in [2.24, 2.45) is 0 Å². The summed E-state index contributed by atoms with van der Waals surface area (Å²) < 4.78 is 5.56. The van der Waals surface area contributed by atoms with Crippen molar-refractivity contribution in [3.05, 3.63) is 47.1 Å². The van der Waals surface area contributed by atoms with Gasteiger partial charge in [0.1, 0.15) is 0 Å². The van der Waals surface area contributed by atoms with Gasteiger partial charge in [-0.15, -0.1) is 0 Å². The Hall–Kier alpha value is -1.78. The van der Waals surface area contributed by atoms with Gasteiger partial charge in [-0.1, -0.05) is 18.2 Å². The Bertz CT molecular complexity index is 664. The molecule has 0 saturated carbocycles. The number of phenols is 2. The summed E-state index contributed by atoms with van der Waals surface area (Å²) in [6, 6.07) is 3.45. The molecule has 1 aliphatic carbocycles. The minimum atomic E-state index is -0.214. The Balaban J connectivity index is 1.93. The van der Waals surface area contributed by atoms with Crippen molar-refractivity contribution < 1.29 is 14.9 Å². The van der Waals surface area contributed by atoms with E-state index in [1.54, 1.807) is 19.2 Å². The molecular formula is C17H19NO3. The summed E-state index contributed by atoms with van der Waals surface area (Å²) in [5.74, 6) is -0.0727. The van der Waals surface area contributed by atoms with E-state index in [0.717, 1.165) is 37.1 Å². The van der Waals surface area contributed by atoms with Gasteiger partial charge in [-0.25, -0.2) is 0 Å². The number of hydrogen-bond acceptors (Lipinski definition) is 4. The molecule has 1 aromatic carbocycles. The predicted molar refractivity (Wildman–Crippen MR) is 79.4 cm³/mol. The molecule has 4 rings (SSSR count). The fraction of sp³-hybridized carbons (Fsp3) is 0.412. The zero-order valence-corrected chi connectivity index (χ0v) is 12.0. The molecule has 2 aliphatic heterocycles. The average Bonchev–Trinajstić information content (AvgIpc) is 2.87. The van der Waals surface area contributed by atoms with E-state index in [2.05, 4.69) is 23.1 Å². The molecule has 0 radical (unpaired) electrons. The molecule has 0 saturated heterocycles. The second-order valence-corrected chi connectivity index (χ2v) is 6.05. The van der Waals surface area contributed by atoms with Crippen LogP contribution in [0.15, 0.2) is 35.9 Å². The van der Waals surface area contributed by atoms with E-state index in [-0.39, 0.29) is 23.1 Å². The number of methoxy groups -OCH3 is 1. The van der Waals surface area contributed by atoms with Gasteiger partial charge in [0, 0.05) is 26.6 Å². The van der Waals surface area contributed by atoms with Gasteiger partial charge in [-0.05, 0) is 35.3 Å². The molecule has 0 bridgehead atoms. The molecule has 3 aliphatic rings. The van der Waals surface area contributed by atoms with Crippen LogP contribution >= 0.6 is 0 Å². The van der Waals surface area contributed by atoms with Crippen molar-refractivity contribution in [2.45, 2.75) is 24.5 Å². The summed E-state index contributed by atoms with van der Waals surface area (Å²) >= 11 is 0. The normalized spacial score (nSPS) is 30.5. The number of hydrogen-bond donors (Lipinski definition) is 2. The van der Waals surface area contributed by atoms with E-state index >= 15 is 0 Å². The first-order valence-corrected chi connectivity index (χ1v) is 7.37. The van der Waals surface area contributed by atoms with Crippen LogP contribution in [0.3, 0.4) is 0 Å². The Labute approximate surface area is 124 Å². The molecule has 110 valence electrons. The maximum absolute atomic E-state index is 9.97. The maximum Gasteiger partial charge on any atom is 0.157 e. The third kappa shape index (κ3) is 1.63. The first-order valence-electron chi connectivity index (χ1n) is 7.37. The summed E-state index contributed by atoms with van der Waals surface area (Å²) in [7, 11) is 1.73. The smallest absolute Gasteiger partial charge is 0.157 e. The van der Waals surface area contributed by atoms with Gasteiger partial charge in [-0.3, -0.25) is 4.90 Å². The Morgan fingerprint density at radius 2 is 2.10 bits per heavy atom. The summed E-state index contributed by atoms with van der Waals surface area (Å²) in [5, 5.41) is 19.8. The third-order valence-corrected chi connectivity index (χ3v) is 5.14. The number of rotatable bonds is 1. The monoisotopic (exact) mass is 285 g/mol. The van der Waals surface area contributed by atoms with Crippen molar-refractivity contribution in [1.82, 2.24) is 4.90 Å². The summed E-state index contributed by atoms with van der Waals surface area (Å²) in [6.07, 6.45) is 8.34. The van der Waals surface area contributed by atoms with E-state index in [0.29, 0.717) is 0 Å². The van der Waals surface area contributed by atoms with Crippen molar-refractivity contribution in [3.8, 4) is 11.5 Å². The molecule has 2 N–H and O–H groups in total. The molecule has 2 atom stereocenters. The molecule has 0 amide bonds. The van der Waals surface area contributed by atoms with Gasteiger partial charge in [0.15, 0.2) is 11.5 Å². The fourth-order valence-electron chi connectivity index (χ4n) is 4.09. The second-order valence-electron chi connectivity index (χ2n) is 6.05. The first kappa shape index (κ1) is 12.9. The Kier molecular flexibility index (Phi) is 2.68. The van der Waals surface area contributed by atoms with Crippen LogP contribution in [-0.2, 0) is 16.7 Å². The maximum atomic E-state index is 9.97. The van der Waals surface area contributed by atoms with Crippen LogP contribution in [0.1, 0.15) is 17.5 Å². The van der Waals surface area contributed by atoms with Gasteiger partial charge >= 0.3 is 0 Å². The predicted octanol–water partition coefficient (Wildman–Crippen LogP) is 2.07. The lowest BCUT2D eigenvalue weighted by molar-refractivity contribution is 0.0513. The van der Waals surface area contributed by atoms with Crippen molar-refractivity contribution in [1.29, 1.82) is 0 Å². The fourth-order valence-corrected chi connectivity index (χ4v) is 4.09. The highest BCUT2D eigenvalue weighted by atomic mass is 16.5. The third-order valence-electron chi connectivity index (χ3n) is 5.14. The standard InChI is InChI=1S/C17H19NO3/c1-21-13-3-2-12-5-7-18-6-4-11-8-15(19)16(20)9-14(11)17(12,18)10-13/h2-3,5,8-9,13,19-20H,4,6-7,10H2,1H3/t13-,17?/m0/s1. The van der Waals surface area contributed by atoms with Gasteiger partial charge in [-0.2, -0.15) is 0 Å². The number of phenolic OH excluding ortho intramolecular Hbond substituents is 2. The number of nitrogens with zero attached hydrogens (tertiary/aromatic N) is 1. The SMILES string of the molecule is CO[C@H]1C=CC2=CCN3CCc4cc(O)c(O)cc4C23C1. The van der Waals surface area contributed by atoms with Crippen LogP contribution in [0.5, 0.6) is 11.5 Å². The summed E-state index contributed by atoms with van der Waals surface area (Å²) in [4.78, 5) is 2.46. The summed E-state index contributed by atoms with van der Waals surface area (Å²) in [6.45, 7) is 1.89. The second kappa shape index (κ2) is 4.36. The number of fused-ring (bicyclic) bond motifs is 1. The van der Waals surface area contributed by atoms with E-state index in [1.165, 1.54) is 5.57 Å². The highest BCUT2D eigenvalue weighted by Gasteiger charge is 2.50. The molecule has 1 spiro atoms. The molecule has 1 aromatic rings. The Morgan fingerprint density at radius 1 is 1.29 bits per heavy atom. The van der Waals surface area contributed by atoms with Crippen LogP contribution in [0.25, 0.3) is 0 Å². The van der Waals surface area contributed by atoms with Crippen LogP contribution in [0, 0.1) is 0 Å². The van der Waals surface area contributed by atoms with E-state index in [4.69, 9.17) is 4.74 Å². The lowest BCUT2D eigenvalue weighted by Gasteiger charge is -2.48. The molecule has 0 aromatic heterocycles. The van der Waals surface area contributed by atoms with Gasteiger partial charge < -0.3 is 14.9 Å². The minimum Gasteiger partial charge on any atom is -0.504 e. The van der Waals surface area contributed by atoms with Gasteiger partial charge in [0.25, 0.3) is 0 Å². The van der Waals surface area contributed by atoms with Crippen LogP contribution in [0.2, 0.25) is 0 Å². The minimum absolute atomic E-state index is 0.0308. The number of ether oxygens (including phenoxy) is 1.